The van der Waals surface area contributed by atoms with Crippen molar-refractivity contribution < 1.29 is 4.79 Å². The molecule has 0 atom stereocenters. The van der Waals surface area contributed by atoms with Crippen molar-refractivity contribution in [2.75, 3.05) is 12.3 Å². The number of amides is 1. The number of hydrogen-bond acceptors (Lipinski definition) is 6. The molecule has 0 bridgehead atoms. The van der Waals surface area contributed by atoms with Crippen LogP contribution in [0.15, 0.2) is 37.2 Å². The second-order valence-corrected chi connectivity index (χ2v) is 4.11. The normalized spacial score (nSPS) is 10.2. The zero-order valence-electron chi connectivity index (χ0n) is 10.9. The van der Waals surface area contributed by atoms with Gasteiger partial charge in [-0.2, -0.15) is 0 Å². The fourth-order valence-corrected chi connectivity index (χ4v) is 1.67. The predicted octanol–water partition coefficient (Wildman–Crippen LogP) is -0.135. The van der Waals surface area contributed by atoms with Gasteiger partial charge in [-0.25, -0.2) is 4.68 Å². The Hall–Kier alpha value is -2.77. The highest BCUT2D eigenvalue weighted by atomic mass is 16.2. The third-order valence-corrected chi connectivity index (χ3v) is 2.67. The van der Waals surface area contributed by atoms with Crippen LogP contribution in [-0.4, -0.2) is 42.5 Å². The summed E-state index contributed by atoms with van der Waals surface area (Å²) in [5.74, 6) is -0.0264. The number of nitrogen functional groups attached to an aromatic ring is 1. The average Bonchev–Trinajstić information content (AvgIpc) is 2.85. The van der Waals surface area contributed by atoms with E-state index in [1.165, 1.54) is 4.68 Å². The molecule has 0 saturated carbocycles. The summed E-state index contributed by atoms with van der Waals surface area (Å²) in [6, 6.07) is 3.71. The number of rotatable bonds is 6. The Balaban J connectivity index is 2.06. The number of tetrazole rings is 1. The third kappa shape index (κ3) is 3.37. The summed E-state index contributed by atoms with van der Waals surface area (Å²) in [6.45, 7) is 4.56. The lowest BCUT2D eigenvalue weighted by atomic mass is 10.2. The van der Waals surface area contributed by atoms with Crippen LogP contribution in [0.2, 0.25) is 0 Å². The van der Waals surface area contributed by atoms with Crippen LogP contribution in [0, 0.1) is 0 Å². The summed E-state index contributed by atoms with van der Waals surface area (Å²) in [5, 5.41) is 10.6. The number of aromatic nitrogens is 5. The summed E-state index contributed by atoms with van der Waals surface area (Å²) in [6.07, 6.45) is 5.04. The van der Waals surface area contributed by atoms with Crippen LogP contribution < -0.4 is 5.73 Å². The second kappa shape index (κ2) is 6.41. The van der Waals surface area contributed by atoms with Gasteiger partial charge in [-0.3, -0.25) is 9.78 Å². The van der Waals surface area contributed by atoms with E-state index in [9.17, 15) is 4.79 Å². The van der Waals surface area contributed by atoms with Crippen LogP contribution in [0.1, 0.15) is 5.56 Å². The van der Waals surface area contributed by atoms with Crippen LogP contribution in [0.4, 0.5) is 5.95 Å². The highest BCUT2D eigenvalue weighted by molar-refractivity contribution is 5.76. The molecule has 0 unspecified atom stereocenters. The van der Waals surface area contributed by atoms with Crippen molar-refractivity contribution in [3.05, 3.63) is 42.7 Å². The molecule has 8 nitrogen and oxygen atoms in total. The maximum atomic E-state index is 12.2. The maximum absolute atomic E-state index is 12.2. The van der Waals surface area contributed by atoms with Gasteiger partial charge in [0.1, 0.15) is 6.54 Å². The van der Waals surface area contributed by atoms with E-state index in [4.69, 9.17) is 5.73 Å². The Labute approximate surface area is 115 Å². The van der Waals surface area contributed by atoms with Crippen molar-refractivity contribution in [3.63, 3.8) is 0 Å². The first-order chi connectivity index (χ1) is 9.70. The largest absolute Gasteiger partial charge is 0.367 e. The van der Waals surface area contributed by atoms with Gasteiger partial charge in [0.15, 0.2) is 0 Å². The number of anilines is 1. The zero-order chi connectivity index (χ0) is 14.4. The van der Waals surface area contributed by atoms with Crippen molar-refractivity contribution >= 4 is 11.9 Å². The van der Waals surface area contributed by atoms with Crippen LogP contribution in [0.5, 0.6) is 0 Å². The Morgan fingerprint density at radius 3 is 2.80 bits per heavy atom. The number of carbonyl (C=O) groups is 1. The minimum atomic E-state index is -0.138. The molecule has 1 amide bonds. The smallest absolute Gasteiger partial charge is 0.245 e. The summed E-state index contributed by atoms with van der Waals surface area (Å²) < 4.78 is 1.25. The third-order valence-electron chi connectivity index (χ3n) is 2.67. The van der Waals surface area contributed by atoms with Crippen molar-refractivity contribution in [1.29, 1.82) is 0 Å². The van der Waals surface area contributed by atoms with E-state index < -0.39 is 0 Å². The molecule has 20 heavy (non-hydrogen) atoms. The van der Waals surface area contributed by atoms with Gasteiger partial charge in [-0.05, 0) is 28.1 Å². The molecule has 0 radical (unpaired) electrons. The molecule has 0 aliphatic heterocycles. The lowest BCUT2D eigenvalue weighted by Gasteiger charge is -2.21. The summed E-state index contributed by atoms with van der Waals surface area (Å²) in [5.41, 5.74) is 6.53. The van der Waals surface area contributed by atoms with Crippen LogP contribution in [0.25, 0.3) is 0 Å². The van der Waals surface area contributed by atoms with Gasteiger partial charge in [0.25, 0.3) is 0 Å². The van der Waals surface area contributed by atoms with Crippen molar-refractivity contribution in [1.82, 2.24) is 30.1 Å². The van der Waals surface area contributed by atoms with E-state index >= 15 is 0 Å². The van der Waals surface area contributed by atoms with E-state index in [-0.39, 0.29) is 18.4 Å². The molecule has 0 aromatic carbocycles. The Morgan fingerprint density at radius 1 is 1.45 bits per heavy atom. The molecule has 8 heteroatoms. The second-order valence-electron chi connectivity index (χ2n) is 4.11. The molecule has 0 saturated heterocycles. The zero-order valence-corrected chi connectivity index (χ0v) is 10.9. The standard InChI is InChI=1S/C12H15N7O/c1-2-7-18(8-10-3-5-14-6-4-10)11(20)9-19-12(13)15-16-17-19/h2-6H,1,7-9H2,(H2,13,15,17). The monoisotopic (exact) mass is 273 g/mol. The van der Waals surface area contributed by atoms with E-state index in [2.05, 4.69) is 27.1 Å². The number of nitrogens with two attached hydrogens (primary N) is 1. The fourth-order valence-electron chi connectivity index (χ4n) is 1.67. The molecule has 0 aliphatic rings. The SMILES string of the molecule is C=CCN(Cc1ccncc1)C(=O)Cn1nnnc1N. The van der Waals surface area contributed by atoms with Gasteiger partial charge in [-0.1, -0.05) is 11.2 Å². The minimum Gasteiger partial charge on any atom is -0.367 e. The molecule has 0 aliphatic carbocycles. The van der Waals surface area contributed by atoms with Gasteiger partial charge in [0.05, 0.1) is 0 Å². The molecular weight excluding hydrogens is 258 g/mol. The Morgan fingerprint density at radius 2 is 2.20 bits per heavy atom. The lowest BCUT2D eigenvalue weighted by Crippen LogP contribution is -2.34. The molecule has 2 rings (SSSR count). The highest BCUT2D eigenvalue weighted by Gasteiger charge is 2.15. The highest BCUT2D eigenvalue weighted by Crippen LogP contribution is 2.05. The Kier molecular flexibility index (Phi) is 4.38. The minimum absolute atomic E-state index is 0.00223. The van der Waals surface area contributed by atoms with E-state index in [0.29, 0.717) is 13.1 Å². The predicted molar refractivity (Wildman–Crippen MR) is 72.1 cm³/mol. The number of nitrogens with zero attached hydrogens (tertiary/aromatic N) is 6. The molecule has 2 heterocycles. The number of pyridine rings is 1. The van der Waals surface area contributed by atoms with Crippen LogP contribution in [0.3, 0.4) is 0 Å². The molecule has 2 aromatic rings. The molecule has 104 valence electrons. The number of carbonyl (C=O) groups excluding carboxylic acids is 1. The number of hydrogen-bond donors (Lipinski definition) is 1. The summed E-state index contributed by atoms with van der Waals surface area (Å²) in [7, 11) is 0. The van der Waals surface area contributed by atoms with Gasteiger partial charge in [0, 0.05) is 25.5 Å². The van der Waals surface area contributed by atoms with Gasteiger partial charge in [0.2, 0.25) is 11.9 Å². The topological polar surface area (TPSA) is 103 Å². The average molecular weight is 273 g/mol. The maximum Gasteiger partial charge on any atom is 0.245 e. The van der Waals surface area contributed by atoms with E-state index in [1.54, 1.807) is 23.4 Å². The molecule has 2 aromatic heterocycles. The first kappa shape index (κ1) is 13.7. The summed E-state index contributed by atoms with van der Waals surface area (Å²) in [4.78, 5) is 17.8. The van der Waals surface area contributed by atoms with Crippen LogP contribution in [-0.2, 0) is 17.9 Å². The van der Waals surface area contributed by atoms with Gasteiger partial charge >= 0.3 is 0 Å². The Bertz CT molecular complexity index is 581. The quantitative estimate of drug-likeness (QED) is 0.735. The van der Waals surface area contributed by atoms with Crippen molar-refractivity contribution in [2.45, 2.75) is 13.1 Å². The van der Waals surface area contributed by atoms with Crippen molar-refractivity contribution in [2.24, 2.45) is 0 Å². The van der Waals surface area contributed by atoms with E-state index in [0.717, 1.165) is 5.56 Å². The van der Waals surface area contributed by atoms with Crippen molar-refractivity contribution in [3.8, 4) is 0 Å². The molecule has 0 spiro atoms. The molecule has 2 N–H and O–H groups in total. The van der Waals surface area contributed by atoms with E-state index in [1.807, 2.05) is 12.1 Å². The molecule has 0 fully saturated rings. The first-order valence-corrected chi connectivity index (χ1v) is 6.00. The van der Waals surface area contributed by atoms with Gasteiger partial charge < -0.3 is 10.6 Å². The first-order valence-electron chi connectivity index (χ1n) is 6.00. The molecular formula is C12H15N7O. The lowest BCUT2D eigenvalue weighted by molar-refractivity contribution is -0.132. The fraction of sp³-hybridized carbons (Fsp3) is 0.250. The van der Waals surface area contributed by atoms with Crippen LogP contribution >= 0.6 is 0 Å². The summed E-state index contributed by atoms with van der Waals surface area (Å²) >= 11 is 0. The van der Waals surface area contributed by atoms with Gasteiger partial charge in [-0.15, -0.1) is 6.58 Å².